The topological polar surface area (TPSA) is 41.1 Å². The van der Waals surface area contributed by atoms with Gasteiger partial charge < -0.3 is 10.6 Å². The van der Waals surface area contributed by atoms with Crippen LogP contribution in [0.1, 0.15) is 35.7 Å². The number of hydrogen-bond donors (Lipinski definition) is 2. The summed E-state index contributed by atoms with van der Waals surface area (Å²) >= 11 is 3.41. The first-order chi connectivity index (χ1) is 8.58. The van der Waals surface area contributed by atoms with E-state index in [0.717, 1.165) is 35.0 Å². The number of piperidine rings is 1. The number of carbonyl (C=O) groups excluding carboxylic acids is 1. The second-order valence-electron chi connectivity index (χ2n) is 4.92. The van der Waals surface area contributed by atoms with Crippen LogP contribution in [0.3, 0.4) is 0 Å². The zero-order valence-electron chi connectivity index (χ0n) is 10.8. The first kappa shape index (κ1) is 13.6. The van der Waals surface area contributed by atoms with Crippen LogP contribution in [-0.2, 0) is 0 Å². The van der Waals surface area contributed by atoms with Gasteiger partial charge in [-0.25, -0.2) is 0 Å². The molecule has 0 aromatic heterocycles. The number of halogens is 1. The standard InChI is InChI=1S/C14H19BrN2O/c1-9-5-6-11(15)8-12(9)14(18)17-13-4-3-7-16-10(13)2/h5-6,8,10,13,16H,3-4,7H2,1-2H3,(H,17,18). The van der Waals surface area contributed by atoms with E-state index in [9.17, 15) is 4.79 Å². The molecule has 0 bridgehead atoms. The minimum absolute atomic E-state index is 0.0225. The second kappa shape index (κ2) is 5.85. The van der Waals surface area contributed by atoms with Gasteiger partial charge in [0.1, 0.15) is 0 Å². The molecule has 1 aliphatic heterocycles. The van der Waals surface area contributed by atoms with Gasteiger partial charge in [-0.15, -0.1) is 0 Å². The zero-order valence-corrected chi connectivity index (χ0v) is 12.4. The third-order valence-corrected chi connectivity index (χ3v) is 4.02. The first-order valence-electron chi connectivity index (χ1n) is 6.38. The lowest BCUT2D eigenvalue weighted by atomic mass is 9.99. The molecule has 2 atom stereocenters. The molecule has 1 amide bonds. The van der Waals surface area contributed by atoms with Crippen LogP contribution < -0.4 is 10.6 Å². The summed E-state index contributed by atoms with van der Waals surface area (Å²) in [6.07, 6.45) is 2.17. The Morgan fingerprint density at radius 3 is 3.00 bits per heavy atom. The summed E-state index contributed by atoms with van der Waals surface area (Å²) in [5.41, 5.74) is 1.76. The number of nitrogens with one attached hydrogen (secondary N) is 2. The molecule has 0 spiro atoms. The van der Waals surface area contributed by atoms with Crippen LogP contribution in [0.15, 0.2) is 22.7 Å². The van der Waals surface area contributed by atoms with Crippen molar-refractivity contribution in [2.24, 2.45) is 0 Å². The lowest BCUT2D eigenvalue weighted by molar-refractivity contribution is 0.0919. The molecule has 3 nitrogen and oxygen atoms in total. The highest BCUT2D eigenvalue weighted by atomic mass is 79.9. The fraction of sp³-hybridized carbons (Fsp3) is 0.500. The molecule has 1 heterocycles. The van der Waals surface area contributed by atoms with Crippen molar-refractivity contribution < 1.29 is 4.79 Å². The quantitative estimate of drug-likeness (QED) is 0.881. The Hall–Kier alpha value is -0.870. The smallest absolute Gasteiger partial charge is 0.251 e. The van der Waals surface area contributed by atoms with E-state index >= 15 is 0 Å². The van der Waals surface area contributed by atoms with Gasteiger partial charge in [-0.1, -0.05) is 22.0 Å². The minimum Gasteiger partial charge on any atom is -0.348 e. The van der Waals surface area contributed by atoms with Crippen molar-refractivity contribution in [2.75, 3.05) is 6.54 Å². The molecule has 0 saturated carbocycles. The molecule has 18 heavy (non-hydrogen) atoms. The molecular formula is C14H19BrN2O. The number of rotatable bonds is 2. The molecule has 4 heteroatoms. The summed E-state index contributed by atoms with van der Waals surface area (Å²) in [6, 6.07) is 6.36. The Labute approximate surface area is 116 Å². The lowest BCUT2D eigenvalue weighted by Crippen LogP contribution is -2.52. The zero-order chi connectivity index (χ0) is 13.1. The minimum atomic E-state index is 0.0225. The maximum absolute atomic E-state index is 12.3. The third kappa shape index (κ3) is 3.12. The van der Waals surface area contributed by atoms with Crippen molar-refractivity contribution in [1.29, 1.82) is 0 Å². The maximum atomic E-state index is 12.3. The summed E-state index contributed by atoms with van der Waals surface area (Å²) in [6.45, 7) is 5.13. The average Bonchev–Trinajstić information content (AvgIpc) is 2.35. The molecule has 2 rings (SSSR count). The van der Waals surface area contributed by atoms with E-state index in [2.05, 4.69) is 33.5 Å². The monoisotopic (exact) mass is 310 g/mol. The van der Waals surface area contributed by atoms with Crippen molar-refractivity contribution in [3.63, 3.8) is 0 Å². The summed E-state index contributed by atoms with van der Waals surface area (Å²) in [4.78, 5) is 12.3. The number of carbonyl (C=O) groups is 1. The molecule has 1 aromatic carbocycles. The van der Waals surface area contributed by atoms with E-state index in [1.54, 1.807) is 0 Å². The van der Waals surface area contributed by atoms with Gasteiger partial charge in [0.05, 0.1) is 0 Å². The highest BCUT2D eigenvalue weighted by Gasteiger charge is 2.23. The van der Waals surface area contributed by atoms with Crippen LogP contribution >= 0.6 is 15.9 Å². The second-order valence-corrected chi connectivity index (χ2v) is 5.84. The third-order valence-electron chi connectivity index (χ3n) is 3.52. The van der Waals surface area contributed by atoms with Crippen molar-refractivity contribution in [1.82, 2.24) is 10.6 Å². The van der Waals surface area contributed by atoms with Gasteiger partial charge in [0.25, 0.3) is 5.91 Å². The largest absolute Gasteiger partial charge is 0.348 e. The molecule has 1 aromatic rings. The van der Waals surface area contributed by atoms with Gasteiger partial charge in [-0.3, -0.25) is 4.79 Å². The number of benzene rings is 1. The maximum Gasteiger partial charge on any atom is 0.251 e. The predicted octanol–water partition coefficient (Wildman–Crippen LogP) is 2.63. The Balaban J connectivity index is 2.09. The van der Waals surface area contributed by atoms with Crippen LogP contribution in [0.2, 0.25) is 0 Å². The normalized spacial score (nSPS) is 23.7. The number of amides is 1. The van der Waals surface area contributed by atoms with Gasteiger partial charge in [0.15, 0.2) is 0 Å². The van der Waals surface area contributed by atoms with Crippen molar-refractivity contribution in [3.8, 4) is 0 Å². The highest BCUT2D eigenvalue weighted by Crippen LogP contribution is 2.17. The Morgan fingerprint density at radius 1 is 1.50 bits per heavy atom. The molecule has 98 valence electrons. The number of aryl methyl sites for hydroxylation is 1. The van der Waals surface area contributed by atoms with Gasteiger partial charge in [-0.2, -0.15) is 0 Å². The van der Waals surface area contributed by atoms with Gasteiger partial charge in [0, 0.05) is 22.1 Å². The van der Waals surface area contributed by atoms with E-state index in [1.165, 1.54) is 0 Å². The molecule has 1 aliphatic rings. The van der Waals surface area contributed by atoms with Gasteiger partial charge in [-0.05, 0) is 50.9 Å². The van der Waals surface area contributed by atoms with Gasteiger partial charge in [0.2, 0.25) is 0 Å². The van der Waals surface area contributed by atoms with E-state index in [0.29, 0.717) is 6.04 Å². The SMILES string of the molecule is Cc1ccc(Br)cc1C(=O)NC1CCCNC1C. The molecule has 2 N–H and O–H groups in total. The van der Waals surface area contributed by atoms with Crippen LogP contribution in [0.5, 0.6) is 0 Å². The molecule has 2 unspecified atom stereocenters. The summed E-state index contributed by atoms with van der Waals surface area (Å²) < 4.78 is 0.938. The fourth-order valence-corrected chi connectivity index (χ4v) is 2.69. The number of hydrogen-bond acceptors (Lipinski definition) is 2. The first-order valence-corrected chi connectivity index (χ1v) is 7.17. The van der Waals surface area contributed by atoms with Crippen LogP contribution in [0, 0.1) is 6.92 Å². The molecule has 1 fully saturated rings. The van der Waals surface area contributed by atoms with Crippen molar-refractivity contribution in [2.45, 2.75) is 38.8 Å². The van der Waals surface area contributed by atoms with Crippen LogP contribution in [0.4, 0.5) is 0 Å². The summed E-state index contributed by atoms with van der Waals surface area (Å²) in [7, 11) is 0. The molecular weight excluding hydrogens is 292 g/mol. The van der Waals surface area contributed by atoms with Gasteiger partial charge >= 0.3 is 0 Å². The average molecular weight is 311 g/mol. The Bertz CT molecular complexity index is 447. The van der Waals surface area contributed by atoms with E-state index in [4.69, 9.17) is 0 Å². The fourth-order valence-electron chi connectivity index (χ4n) is 2.33. The summed E-state index contributed by atoms with van der Waals surface area (Å²) in [5, 5.41) is 6.52. The van der Waals surface area contributed by atoms with Crippen LogP contribution in [0.25, 0.3) is 0 Å². The Kier molecular flexibility index (Phi) is 4.40. The molecule has 0 radical (unpaired) electrons. The molecule has 0 aliphatic carbocycles. The predicted molar refractivity (Wildman–Crippen MR) is 76.8 cm³/mol. The lowest BCUT2D eigenvalue weighted by Gasteiger charge is -2.30. The Morgan fingerprint density at radius 2 is 2.28 bits per heavy atom. The van der Waals surface area contributed by atoms with E-state index in [-0.39, 0.29) is 11.9 Å². The van der Waals surface area contributed by atoms with E-state index in [1.807, 2.05) is 25.1 Å². The highest BCUT2D eigenvalue weighted by molar-refractivity contribution is 9.10. The van der Waals surface area contributed by atoms with Crippen molar-refractivity contribution >= 4 is 21.8 Å². The molecule has 1 saturated heterocycles. The van der Waals surface area contributed by atoms with E-state index < -0.39 is 0 Å². The van der Waals surface area contributed by atoms with Crippen LogP contribution in [-0.4, -0.2) is 24.5 Å². The summed E-state index contributed by atoms with van der Waals surface area (Å²) in [5.74, 6) is 0.0225. The van der Waals surface area contributed by atoms with Crippen molar-refractivity contribution in [3.05, 3.63) is 33.8 Å².